The van der Waals surface area contributed by atoms with Gasteiger partial charge < -0.3 is 34.9 Å². The molecule has 0 saturated heterocycles. The minimum atomic E-state index is -5.06. The summed E-state index contributed by atoms with van der Waals surface area (Å²) in [7, 11) is -9.87. The first-order valence-corrected chi connectivity index (χ1v) is 8.40. The maximum Gasteiger partial charge on any atom is 1.00 e. The van der Waals surface area contributed by atoms with Crippen molar-refractivity contribution in [3.8, 4) is 0 Å². The Hall–Kier alpha value is 1.10. The van der Waals surface area contributed by atoms with E-state index in [1.807, 2.05) is 0 Å². The number of aliphatic hydroxyl groups is 3. The molecular weight excluding hydrogens is 345 g/mol. The zero-order valence-corrected chi connectivity index (χ0v) is 14.8. The molecule has 1 saturated carbocycles. The van der Waals surface area contributed by atoms with Crippen LogP contribution in [0.4, 0.5) is 0 Å². The zero-order chi connectivity index (χ0) is 15.8. The van der Waals surface area contributed by atoms with Crippen molar-refractivity contribution in [1.29, 1.82) is 0 Å². The summed E-state index contributed by atoms with van der Waals surface area (Å²) in [6, 6.07) is 0. The van der Waals surface area contributed by atoms with Gasteiger partial charge in [-0.3, -0.25) is 9.05 Å². The molecule has 7 N–H and O–H groups in total. The van der Waals surface area contributed by atoms with E-state index in [4.69, 9.17) is 19.6 Å². The van der Waals surface area contributed by atoms with Crippen molar-refractivity contribution in [3.63, 3.8) is 0 Å². The van der Waals surface area contributed by atoms with E-state index in [1.54, 1.807) is 0 Å². The summed E-state index contributed by atoms with van der Waals surface area (Å²) in [6.07, 6.45) is -3.96. The average molecular weight is 361 g/mol. The molecule has 0 unspecified atom stereocenters. The van der Waals surface area contributed by atoms with Crippen LogP contribution in [0.2, 0.25) is 0 Å². The number of rotatable bonds is 6. The number of hydrogen-bond acceptors (Lipinski definition) is 7. The average Bonchev–Trinajstić information content (AvgIpc) is 2.49. The van der Waals surface area contributed by atoms with E-state index in [0.717, 1.165) is 0 Å². The van der Waals surface area contributed by atoms with Gasteiger partial charge in [-0.05, 0) is 6.42 Å². The molecule has 0 spiro atoms. The normalized spacial score (nSPS) is 33.8. The summed E-state index contributed by atoms with van der Waals surface area (Å²) >= 11 is 0. The van der Waals surface area contributed by atoms with Gasteiger partial charge >= 0.3 is 45.2 Å². The van der Waals surface area contributed by atoms with Crippen LogP contribution < -0.4 is 29.6 Å². The summed E-state index contributed by atoms with van der Waals surface area (Å²) in [4.78, 5) is 34.6. The summed E-state index contributed by atoms with van der Waals surface area (Å²) in [5.74, 6) is -1.09. The quantitative estimate of drug-likeness (QED) is 0.176. The van der Waals surface area contributed by atoms with Crippen molar-refractivity contribution >= 4 is 15.6 Å². The fourth-order valence-electron chi connectivity index (χ4n) is 2.12. The summed E-state index contributed by atoms with van der Waals surface area (Å²) < 4.78 is 29.9. The Morgan fingerprint density at radius 1 is 1.10 bits per heavy atom. The molecule has 4 atom stereocenters. The second-order valence-electron chi connectivity index (χ2n) is 4.49. The van der Waals surface area contributed by atoms with Crippen LogP contribution in [0.25, 0.3) is 0 Å². The molecule has 0 heterocycles. The van der Waals surface area contributed by atoms with E-state index in [9.17, 15) is 24.4 Å². The third-order valence-electron chi connectivity index (χ3n) is 2.98. The van der Waals surface area contributed by atoms with E-state index < -0.39 is 59.0 Å². The summed E-state index contributed by atoms with van der Waals surface area (Å²) in [5.41, 5.74) is -2.14. The van der Waals surface area contributed by atoms with Crippen LogP contribution in [0.1, 0.15) is 6.42 Å². The topological polar surface area (TPSA) is 194 Å². The van der Waals surface area contributed by atoms with Gasteiger partial charge in [-0.15, -0.1) is 0 Å². The first kappa shape index (κ1) is 22.1. The SMILES string of the molecule is O=P(O)(O)OC[C@H]1C[C@@](CO)(OP(=O)(O)O)[C@@H](O)[C@@H]1O.[Na+]. The third-order valence-corrected chi connectivity index (χ3v) is 4.07. The van der Waals surface area contributed by atoms with Gasteiger partial charge in [-0.2, -0.15) is 0 Å². The minimum absolute atomic E-state index is 0. The fourth-order valence-corrected chi connectivity index (χ4v) is 3.22. The van der Waals surface area contributed by atoms with Crippen molar-refractivity contribution < 1.29 is 82.6 Å². The van der Waals surface area contributed by atoms with Gasteiger partial charge in [0.15, 0.2) is 0 Å². The van der Waals surface area contributed by atoms with Gasteiger partial charge in [0.25, 0.3) is 0 Å². The van der Waals surface area contributed by atoms with Crippen LogP contribution in [0.15, 0.2) is 0 Å². The number of phosphoric ester groups is 2. The predicted octanol–water partition coefficient (Wildman–Crippen LogP) is -5.32. The van der Waals surface area contributed by atoms with E-state index in [1.165, 1.54) is 0 Å². The molecular formula is C7H16NaO11P2+. The first-order valence-electron chi connectivity index (χ1n) is 5.33. The Balaban J connectivity index is 0.00000400. The van der Waals surface area contributed by atoms with E-state index in [-0.39, 0.29) is 29.6 Å². The standard InChI is InChI=1S/C7H16O11P2.Na/c8-3-7(18-20(14,15)16)1-4(5(9)6(7)10)2-17-19(11,12)13;/h4-6,8-10H,1-3H2,(H2,11,12,13)(H2,14,15,16);/q;+1/t4-,5-,6+,7+;/m1./s1. The van der Waals surface area contributed by atoms with Crippen LogP contribution in [0, 0.1) is 5.92 Å². The maximum absolute atomic E-state index is 10.8. The van der Waals surface area contributed by atoms with Crippen LogP contribution >= 0.6 is 15.6 Å². The molecule has 0 bridgehead atoms. The van der Waals surface area contributed by atoms with Gasteiger partial charge in [-0.25, -0.2) is 9.13 Å². The van der Waals surface area contributed by atoms with Crippen molar-refractivity contribution in [3.05, 3.63) is 0 Å². The van der Waals surface area contributed by atoms with Gasteiger partial charge in [0.05, 0.1) is 19.3 Å². The van der Waals surface area contributed by atoms with Gasteiger partial charge in [0.1, 0.15) is 11.7 Å². The van der Waals surface area contributed by atoms with E-state index >= 15 is 0 Å². The molecule has 120 valence electrons. The molecule has 0 aromatic heterocycles. The minimum Gasteiger partial charge on any atom is -0.393 e. The Morgan fingerprint density at radius 2 is 1.62 bits per heavy atom. The second-order valence-corrected chi connectivity index (χ2v) is 6.89. The smallest absolute Gasteiger partial charge is 0.393 e. The molecule has 14 heteroatoms. The molecule has 1 aliphatic carbocycles. The van der Waals surface area contributed by atoms with E-state index in [0.29, 0.717) is 0 Å². The molecule has 1 aliphatic rings. The second kappa shape index (κ2) is 7.78. The van der Waals surface area contributed by atoms with Crippen LogP contribution in [0.3, 0.4) is 0 Å². The third kappa shape index (κ3) is 6.25. The Morgan fingerprint density at radius 3 is 2.00 bits per heavy atom. The molecule has 0 aromatic rings. The molecule has 21 heavy (non-hydrogen) atoms. The number of phosphoric acid groups is 2. The molecule has 0 radical (unpaired) electrons. The Labute approximate surface area is 141 Å². The predicted molar refractivity (Wildman–Crippen MR) is 61.1 cm³/mol. The van der Waals surface area contributed by atoms with Gasteiger partial charge in [0.2, 0.25) is 0 Å². The van der Waals surface area contributed by atoms with Crippen LogP contribution in [0.5, 0.6) is 0 Å². The zero-order valence-electron chi connectivity index (χ0n) is 11.0. The maximum atomic E-state index is 10.8. The van der Waals surface area contributed by atoms with Crippen molar-refractivity contribution in [2.75, 3.05) is 13.2 Å². The Kier molecular flexibility index (Phi) is 8.19. The summed E-state index contributed by atoms with van der Waals surface area (Å²) in [6.45, 7) is -1.70. The van der Waals surface area contributed by atoms with Gasteiger partial charge in [0, 0.05) is 5.92 Å². The van der Waals surface area contributed by atoms with Crippen molar-refractivity contribution in [2.45, 2.75) is 24.2 Å². The molecule has 11 nitrogen and oxygen atoms in total. The van der Waals surface area contributed by atoms with Crippen molar-refractivity contribution in [1.82, 2.24) is 0 Å². The monoisotopic (exact) mass is 361 g/mol. The largest absolute Gasteiger partial charge is 1.00 e. The molecule has 1 rings (SSSR count). The van der Waals surface area contributed by atoms with Crippen LogP contribution in [-0.4, -0.2) is 65.9 Å². The van der Waals surface area contributed by atoms with Crippen LogP contribution in [-0.2, 0) is 18.2 Å². The summed E-state index contributed by atoms with van der Waals surface area (Å²) in [5, 5.41) is 28.6. The molecule has 1 fully saturated rings. The molecule has 0 aliphatic heterocycles. The van der Waals surface area contributed by atoms with Gasteiger partial charge in [-0.1, -0.05) is 0 Å². The number of hydrogen-bond donors (Lipinski definition) is 7. The fraction of sp³-hybridized carbons (Fsp3) is 1.00. The van der Waals surface area contributed by atoms with Crippen molar-refractivity contribution in [2.24, 2.45) is 5.92 Å². The van der Waals surface area contributed by atoms with E-state index in [2.05, 4.69) is 9.05 Å². The molecule has 0 amide bonds. The number of aliphatic hydroxyl groups excluding tert-OH is 3. The first-order chi connectivity index (χ1) is 8.90. The Bertz CT molecular complexity index is 434. The molecule has 0 aromatic carbocycles.